The van der Waals surface area contributed by atoms with Crippen molar-refractivity contribution in [2.75, 3.05) is 19.6 Å². The van der Waals surface area contributed by atoms with Crippen LogP contribution in [0.2, 0.25) is 0 Å². The molecule has 0 spiro atoms. The summed E-state index contributed by atoms with van der Waals surface area (Å²) < 4.78 is 2.10. The Balaban J connectivity index is 2.23. The van der Waals surface area contributed by atoms with Crippen molar-refractivity contribution in [3.8, 4) is 0 Å². The van der Waals surface area contributed by atoms with Crippen molar-refractivity contribution in [3.05, 3.63) is 30.0 Å². The highest BCUT2D eigenvalue weighted by Gasteiger charge is 2.14. The van der Waals surface area contributed by atoms with E-state index in [9.17, 15) is 0 Å². The van der Waals surface area contributed by atoms with E-state index >= 15 is 0 Å². The zero-order chi connectivity index (χ0) is 15.2. The van der Waals surface area contributed by atoms with Crippen molar-refractivity contribution in [1.82, 2.24) is 14.7 Å². The Bertz CT molecular complexity index is 559. The summed E-state index contributed by atoms with van der Waals surface area (Å²) >= 11 is 0. The van der Waals surface area contributed by atoms with Gasteiger partial charge >= 0.3 is 0 Å². The average molecular weight is 288 g/mol. The molecule has 0 saturated heterocycles. The number of nitrogens with zero attached hydrogens (tertiary/aromatic N) is 3. The van der Waals surface area contributed by atoms with Gasteiger partial charge in [0.05, 0.1) is 11.2 Å². The highest BCUT2D eigenvalue weighted by molar-refractivity contribution is 5.81. The molecule has 4 nitrogen and oxygen atoms in total. The van der Waals surface area contributed by atoms with Gasteiger partial charge in [0.25, 0.3) is 0 Å². The molecular weight excluding hydrogens is 260 g/mol. The Kier molecular flexibility index (Phi) is 5.76. The molecule has 0 atom stereocenters. The maximum absolute atomic E-state index is 5.67. The van der Waals surface area contributed by atoms with Crippen LogP contribution in [-0.4, -0.2) is 34.3 Å². The van der Waals surface area contributed by atoms with Gasteiger partial charge < -0.3 is 5.73 Å². The molecule has 0 radical (unpaired) electrons. The Morgan fingerprint density at radius 3 is 2.71 bits per heavy atom. The van der Waals surface area contributed by atoms with Crippen LogP contribution in [0.5, 0.6) is 0 Å². The fraction of sp³-hybridized carbons (Fsp3) is 0.588. The zero-order valence-corrected chi connectivity index (χ0v) is 13.5. The number of para-hydroxylation sites is 1. The molecular formula is C17H28N4. The van der Waals surface area contributed by atoms with Crippen LogP contribution in [0.4, 0.5) is 0 Å². The highest BCUT2D eigenvalue weighted by atomic mass is 15.3. The third-order valence-electron chi connectivity index (χ3n) is 3.71. The van der Waals surface area contributed by atoms with Gasteiger partial charge in [0.2, 0.25) is 0 Å². The molecule has 2 rings (SSSR count). The van der Waals surface area contributed by atoms with Gasteiger partial charge in [-0.2, -0.15) is 5.10 Å². The van der Waals surface area contributed by atoms with Gasteiger partial charge in [0, 0.05) is 25.0 Å². The monoisotopic (exact) mass is 288 g/mol. The maximum Gasteiger partial charge on any atom is 0.0843 e. The number of fused-ring (bicyclic) bond motifs is 1. The van der Waals surface area contributed by atoms with Crippen LogP contribution in [0.1, 0.15) is 32.9 Å². The van der Waals surface area contributed by atoms with E-state index in [4.69, 9.17) is 10.8 Å². The van der Waals surface area contributed by atoms with Gasteiger partial charge in [-0.05, 0) is 38.4 Å². The number of rotatable bonds is 8. The zero-order valence-electron chi connectivity index (χ0n) is 13.5. The van der Waals surface area contributed by atoms with Gasteiger partial charge in [0.1, 0.15) is 0 Å². The number of hydrogen-bond acceptors (Lipinski definition) is 3. The van der Waals surface area contributed by atoms with Crippen LogP contribution in [0.15, 0.2) is 24.3 Å². The van der Waals surface area contributed by atoms with Crippen LogP contribution in [-0.2, 0) is 13.1 Å². The number of nitrogens with two attached hydrogens (primary N) is 1. The summed E-state index contributed by atoms with van der Waals surface area (Å²) in [7, 11) is 0. The topological polar surface area (TPSA) is 47.1 Å². The lowest BCUT2D eigenvalue weighted by molar-refractivity contribution is 0.232. The van der Waals surface area contributed by atoms with E-state index in [1.165, 1.54) is 16.6 Å². The Labute approximate surface area is 127 Å². The third-order valence-corrected chi connectivity index (χ3v) is 3.71. The van der Waals surface area contributed by atoms with E-state index < -0.39 is 0 Å². The lowest BCUT2D eigenvalue weighted by Gasteiger charge is -2.23. The van der Waals surface area contributed by atoms with Gasteiger partial charge in [0.15, 0.2) is 0 Å². The first-order valence-corrected chi connectivity index (χ1v) is 8.02. The van der Waals surface area contributed by atoms with Crippen molar-refractivity contribution in [3.63, 3.8) is 0 Å². The Morgan fingerprint density at radius 1 is 1.29 bits per heavy atom. The minimum Gasteiger partial charge on any atom is -0.330 e. The van der Waals surface area contributed by atoms with Gasteiger partial charge in [-0.1, -0.05) is 32.0 Å². The van der Waals surface area contributed by atoms with Crippen molar-refractivity contribution in [2.45, 2.75) is 40.3 Å². The lowest BCUT2D eigenvalue weighted by atomic mass is 10.1. The molecule has 0 bridgehead atoms. The number of benzene rings is 1. The summed E-state index contributed by atoms with van der Waals surface area (Å²) in [5, 5.41) is 6.09. The number of hydrogen-bond donors (Lipinski definition) is 1. The summed E-state index contributed by atoms with van der Waals surface area (Å²) in [6, 6.07) is 8.52. The van der Waals surface area contributed by atoms with E-state index in [1.807, 2.05) is 0 Å². The molecule has 0 saturated carbocycles. The molecule has 0 amide bonds. The molecule has 0 fully saturated rings. The Hall–Kier alpha value is -1.39. The van der Waals surface area contributed by atoms with E-state index in [2.05, 4.69) is 54.6 Å². The van der Waals surface area contributed by atoms with Crippen LogP contribution in [0.25, 0.3) is 10.9 Å². The van der Waals surface area contributed by atoms with Crippen LogP contribution in [0, 0.1) is 5.92 Å². The minimum atomic E-state index is 0.655. The summed E-state index contributed by atoms with van der Waals surface area (Å²) in [4.78, 5) is 2.48. The van der Waals surface area contributed by atoms with Crippen molar-refractivity contribution >= 4 is 10.9 Å². The van der Waals surface area contributed by atoms with Gasteiger partial charge in [-0.25, -0.2) is 0 Å². The largest absolute Gasteiger partial charge is 0.330 e. The fourth-order valence-corrected chi connectivity index (χ4v) is 2.83. The number of aryl methyl sites for hydroxylation is 1. The predicted octanol–water partition coefficient (Wildman–Crippen LogP) is 2.86. The van der Waals surface area contributed by atoms with Crippen LogP contribution < -0.4 is 5.73 Å². The summed E-state index contributed by atoms with van der Waals surface area (Å²) in [6.45, 7) is 11.4. The van der Waals surface area contributed by atoms with Crippen LogP contribution >= 0.6 is 0 Å². The first kappa shape index (κ1) is 16.0. The Morgan fingerprint density at radius 2 is 2.05 bits per heavy atom. The molecule has 0 unspecified atom stereocenters. The van der Waals surface area contributed by atoms with Crippen molar-refractivity contribution in [2.24, 2.45) is 11.7 Å². The van der Waals surface area contributed by atoms with E-state index in [0.29, 0.717) is 5.92 Å². The standard InChI is InChI=1S/C17H28N4/c1-4-21-17-9-6-5-8-15(17)16(19-21)13-20(11-7-10-18)12-14(2)3/h5-6,8-9,14H,4,7,10-13,18H2,1-3H3. The molecule has 4 heteroatoms. The summed E-state index contributed by atoms with van der Waals surface area (Å²) in [5.74, 6) is 0.655. The average Bonchev–Trinajstić information content (AvgIpc) is 2.82. The molecule has 2 N–H and O–H groups in total. The van der Waals surface area contributed by atoms with Gasteiger partial charge in [-0.3, -0.25) is 9.58 Å². The molecule has 1 aromatic heterocycles. The van der Waals surface area contributed by atoms with E-state index in [-0.39, 0.29) is 0 Å². The summed E-state index contributed by atoms with van der Waals surface area (Å²) in [5.41, 5.74) is 8.09. The van der Waals surface area contributed by atoms with E-state index in [0.717, 1.165) is 39.1 Å². The number of aromatic nitrogens is 2. The normalized spacial score (nSPS) is 11.9. The summed E-state index contributed by atoms with van der Waals surface area (Å²) in [6.07, 6.45) is 1.04. The quantitative estimate of drug-likeness (QED) is 0.812. The van der Waals surface area contributed by atoms with Crippen molar-refractivity contribution in [1.29, 1.82) is 0 Å². The SMILES string of the molecule is CCn1nc(CN(CCCN)CC(C)C)c2ccccc21. The third kappa shape index (κ3) is 4.05. The molecule has 1 aromatic carbocycles. The molecule has 21 heavy (non-hydrogen) atoms. The van der Waals surface area contributed by atoms with E-state index in [1.54, 1.807) is 0 Å². The highest BCUT2D eigenvalue weighted by Crippen LogP contribution is 2.20. The first-order chi connectivity index (χ1) is 10.2. The molecule has 1 heterocycles. The molecule has 0 aliphatic rings. The first-order valence-electron chi connectivity index (χ1n) is 8.02. The van der Waals surface area contributed by atoms with Gasteiger partial charge in [-0.15, -0.1) is 0 Å². The second-order valence-electron chi connectivity index (χ2n) is 6.05. The fourth-order valence-electron chi connectivity index (χ4n) is 2.83. The second-order valence-corrected chi connectivity index (χ2v) is 6.05. The second kappa shape index (κ2) is 7.57. The molecule has 0 aliphatic heterocycles. The molecule has 116 valence electrons. The van der Waals surface area contributed by atoms with Crippen LogP contribution in [0.3, 0.4) is 0 Å². The minimum absolute atomic E-state index is 0.655. The predicted molar refractivity (Wildman–Crippen MR) is 89.2 cm³/mol. The molecule has 2 aromatic rings. The molecule has 0 aliphatic carbocycles. The van der Waals surface area contributed by atoms with Crippen molar-refractivity contribution < 1.29 is 0 Å². The lowest BCUT2D eigenvalue weighted by Crippen LogP contribution is -2.30. The maximum atomic E-state index is 5.67. The smallest absolute Gasteiger partial charge is 0.0843 e.